The molecule has 0 radical (unpaired) electrons. The number of aryl methyl sites for hydroxylation is 4. The van der Waals surface area contributed by atoms with E-state index in [0.29, 0.717) is 5.56 Å². The van der Waals surface area contributed by atoms with E-state index in [2.05, 4.69) is 225 Å². The predicted molar refractivity (Wildman–Crippen MR) is 284 cm³/mol. The molecule has 322 valence electrons. The Labute approximate surface area is 396 Å². The highest BCUT2D eigenvalue weighted by Crippen LogP contribution is 2.42. The van der Waals surface area contributed by atoms with Gasteiger partial charge in [0.2, 0.25) is 0 Å². The summed E-state index contributed by atoms with van der Waals surface area (Å²) in [7, 11) is 0. The normalized spacial score (nSPS) is 11.5. The highest BCUT2D eigenvalue weighted by molar-refractivity contribution is 6.13. The molecular weight excluding hydrogens is 825 g/mol. The van der Waals surface area contributed by atoms with E-state index in [9.17, 15) is 5.26 Å². The summed E-state index contributed by atoms with van der Waals surface area (Å²) in [4.78, 5) is 5.42. The average molecular weight is 871 g/mol. The smallest absolute Gasteiger partial charge is 0.138 e. The van der Waals surface area contributed by atoms with Crippen LogP contribution in [0.15, 0.2) is 206 Å². The standard InChI is InChI=1S/C64H46N4/c1-40-9-17-44(18-10-40)48-25-29-59-54(33-48)55-34-49(45-19-11-41(2)12-20-45)26-30-60(55)67(59)63-39-66-64(37-58(63)53-8-6-5-7-52(53)38-65)68-61-31-27-50(46-21-13-42(3)14-22-46)35-56(61)57-36-51(28-32-62(57)68)47-23-15-43(4)16-24-47/h5-37,39H,1-4H3. The number of aromatic nitrogens is 3. The van der Waals surface area contributed by atoms with Crippen LogP contribution in [0.3, 0.4) is 0 Å². The molecule has 0 atom stereocenters. The van der Waals surface area contributed by atoms with Crippen LogP contribution < -0.4 is 0 Å². The van der Waals surface area contributed by atoms with Crippen LogP contribution >= 0.6 is 0 Å². The number of nitrogens with zero attached hydrogens (tertiary/aromatic N) is 4. The number of pyridine rings is 1. The van der Waals surface area contributed by atoms with Crippen molar-refractivity contribution in [3.05, 3.63) is 234 Å². The van der Waals surface area contributed by atoms with Gasteiger partial charge in [-0.05, 0) is 133 Å². The van der Waals surface area contributed by atoms with Crippen molar-refractivity contribution >= 4 is 43.6 Å². The SMILES string of the molecule is Cc1ccc(-c2ccc3c(c2)c2cc(-c4ccc(C)cc4)ccc2n3-c2cc(-c3ccccc3C#N)c(-n3c4ccc(-c5ccc(C)cc5)cc4c4cc(-c5ccc(C)cc5)ccc43)cn2)cc1. The topological polar surface area (TPSA) is 46.5 Å². The quantitative estimate of drug-likeness (QED) is 0.160. The van der Waals surface area contributed by atoms with Gasteiger partial charge >= 0.3 is 0 Å². The van der Waals surface area contributed by atoms with Crippen molar-refractivity contribution in [1.82, 2.24) is 14.1 Å². The van der Waals surface area contributed by atoms with Crippen LogP contribution in [-0.4, -0.2) is 14.1 Å². The van der Waals surface area contributed by atoms with E-state index < -0.39 is 0 Å². The Kier molecular flexibility index (Phi) is 9.74. The van der Waals surface area contributed by atoms with Gasteiger partial charge in [-0.15, -0.1) is 0 Å². The second-order valence-electron chi connectivity index (χ2n) is 18.3. The van der Waals surface area contributed by atoms with Crippen molar-refractivity contribution in [1.29, 1.82) is 5.26 Å². The van der Waals surface area contributed by atoms with Crippen molar-refractivity contribution in [3.8, 4) is 73.2 Å². The maximum absolute atomic E-state index is 10.7. The molecule has 0 saturated carbocycles. The fraction of sp³-hybridized carbons (Fsp3) is 0.0625. The van der Waals surface area contributed by atoms with Crippen LogP contribution in [0.1, 0.15) is 27.8 Å². The monoisotopic (exact) mass is 870 g/mol. The number of benzene rings is 9. The first-order chi connectivity index (χ1) is 33.3. The molecule has 0 aliphatic heterocycles. The minimum absolute atomic E-state index is 0.600. The summed E-state index contributed by atoms with van der Waals surface area (Å²) in [5, 5.41) is 15.3. The lowest BCUT2D eigenvalue weighted by molar-refractivity contribution is 1.06. The van der Waals surface area contributed by atoms with Crippen molar-refractivity contribution in [2.45, 2.75) is 27.7 Å². The number of nitriles is 1. The Morgan fingerprint density at radius 1 is 0.353 bits per heavy atom. The van der Waals surface area contributed by atoms with Crippen LogP contribution in [0.25, 0.3) is 111 Å². The van der Waals surface area contributed by atoms with Crippen LogP contribution in [0.2, 0.25) is 0 Å². The molecule has 3 aromatic heterocycles. The molecule has 12 rings (SSSR count). The second kappa shape index (κ2) is 16.3. The molecule has 0 spiro atoms. The molecule has 0 fully saturated rings. The Morgan fingerprint density at radius 2 is 0.691 bits per heavy atom. The van der Waals surface area contributed by atoms with Gasteiger partial charge in [0, 0.05) is 32.7 Å². The van der Waals surface area contributed by atoms with Crippen LogP contribution in [-0.2, 0) is 0 Å². The molecule has 3 heterocycles. The largest absolute Gasteiger partial charge is 0.307 e. The number of rotatable bonds is 7. The first-order valence-electron chi connectivity index (χ1n) is 23.2. The zero-order valence-corrected chi connectivity index (χ0v) is 38.4. The van der Waals surface area contributed by atoms with Gasteiger partial charge in [-0.1, -0.05) is 162 Å². The summed E-state index contributed by atoms with van der Waals surface area (Å²) in [6, 6.07) is 74.8. The van der Waals surface area contributed by atoms with Gasteiger partial charge in [-0.3, -0.25) is 4.57 Å². The van der Waals surface area contributed by atoms with Crippen LogP contribution in [0.4, 0.5) is 0 Å². The van der Waals surface area contributed by atoms with Crippen molar-refractivity contribution in [2.24, 2.45) is 0 Å². The number of hydrogen-bond donors (Lipinski definition) is 0. The Hall–Kier alpha value is -8.78. The molecule has 9 aromatic carbocycles. The zero-order chi connectivity index (χ0) is 46.0. The lowest BCUT2D eigenvalue weighted by Crippen LogP contribution is -2.04. The minimum atomic E-state index is 0.600. The third-order valence-electron chi connectivity index (χ3n) is 13.7. The van der Waals surface area contributed by atoms with E-state index in [0.717, 1.165) is 88.5 Å². The van der Waals surface area contributed by atoms with Crippen molar-refractivity contribution in [2.75, 3.05) is 0 Å². The van der Waals surface area contributed by atoms with Gasteiger partial charge in [0.05, 0.1) is 45.6 Å². The molecule has 4 nitrogen and oxygen atoms in total. The third-order valence-corrected chi connectivity index (χ3v) is 13.7. The van der Waals surface area contributed by atoms with Gasteiger partial charge < -0.3 is 4.57 Å². The first kappa shape index (κ1) is 40.7. The molecule has 0 N–H and O–H groups in total. The fourth-order valence-electron chi connectivity index (χ4n) is 10.0. The summed E-state index contributed by atoms with van der Waals surface area (Å²) in [6.45, 7) is 8.50. The molecule has 0 aliphatic rings. The summed E-state index contributed by atoms with van der Waals surface area (Å²) in [5.41, 5.74) is 21.7. The molecule has 0 saturated heterocycles. The van der Waals surface area contributed by atoms with Crippen molar-refractivity contribution < 1.29 is 0 Å². The average Bonchev–Trinajstić information content (AvgIpc) is 3.88. The summed E-state index contributed by atoms with van der Waals surface area (Å²) in [5.74, 6) is 0.770. The molecule has 4 heteroatoms. The maximum atomic E-state index is 10.7. The number of hydrogen-bond acceptors (Lipinski definition) is 2. The van der Waals surface area contributed by atoms with E-state index in [-0.39, 0.29) is 0 Å². The van der Waals surface area contributed by atoms with E-state index in [1.165, 1.54) is 44.5 Å². The van der Waals surface area contributed by atoms with E-state index in [1.54, 1.807) is 0 Å². The Morgan fingerprint density at radius 3 is 1.06 bits per heavy atom. The minimum Gasteiger partial charge on any atom is -0.307 e. The molecular formula is C64H46N4. The van der Waals surface area contributed by atoms with Crippen molar-refractivity contribution in [3.63, 3.8) is 0 Å². The fourth-order valence-corrected chi connectivity index (χ4v) is 10.0. The molecule has 68 heavy (non-hydrogen) atoms. The third kappa shape index (κ3) is 6.96. The molecule has 0 amide bonds. The molecule has 0 bridgehead atoms. The van der Waals surface area contributed by atoms with E-state index >= 15 is 0 Å². The van der Waals surface area contributed by atoms with Crippen LogP contribution in [0, 0.1) is 39.0 Å². The summed E-state index contributed by atoms with van der Waals surface area (Å²) >= 11 is 0. The summed E-state index contributed by atoms with van der Waals surface area (Å²) in [6.07, 6.45) is 2.01. The molecule has 12 aromatic rings. The van der Waals surface area contributed by atoms with Crippen LogP contribution in [0.5, 0.6) is 0 Å². The summed E-state index contributed by atoms with van der Waals surface area (Å²) < 4.78 is 4.63. The van der Waals surface area contributed by atoms with E-state index in [4.69, 9.17) is 4.98 Å². The Bertz CT molecular complexity index is 3770. The van der Waals surface area contributed by atoms with E-state index in [1.807, 2.05) is 24.4 Å². The van der Waals surface area contributed by atoms with Gasteiger partial charge in [0.1, 0.15) is 5.82 Å². The zero-order valence-electron chi connectivity index (χ0n) is 38.4. The van der Waals surface area contributed by atoms with Gasteiger partial charge in [-0.2, -0.15) is 5.26 Å². The van der Waals surface area contributed by atoms with Gasteiger partial charge in [-0.25, -0.2) is 4.98 Å². The molecule has 0 aliphatic carbocycles. The molecule has 0 unspecified atom stereocenters. The van der Waals surface area contributed by atoms with Gasteiger partial charge in [0.15, 0.2) is 0 Å². The first-order valence-corrected chi connectivity index (χ1v) is 23.2. The lowest BCUT2D eigenvalue weighted by Gasteiger charge is -2.17. The highest BCUT2D eigenvalue weighted by atomic mass is 15.1. The van der Waals surface area contributed by atoms with Gasteiger partial charge in [0.25, 0.3) is 0 Å². The Balaban J connectivity index is 1.12. The maximum Gasteiger partial charge on any atom is 0.138 e. The predicted octanol–water partition coefficient (Wildman–Crippen LogP) is 16.7. The second-order valence-corrected chi connectivity index (χ2v) is 18.3. The highest BCUT2D eigenvalue weighted by Gasteiger charge is 2.22. The lowest BCUT2D eigenvalue weighted by atomic mass is 9.99. The number of fused-ring (bicyclic) bond motifs is 6.